The number of likely N-dealkylation sites (tertiary alicyclic amines) is 1. The molecule has 2 aromatic rings. The van der Waals surface area contributed by atoms with Gasteiger partial charge in [0.15, 0.2) is 0 Å². The van der Waals surface area contributed by atoms with Crippen molar-refractivity contribution in [3.8, 4) is 0 Å². The van der Waals surface area contributed by atoms with E-state index in [1.54, 1.807) is 6.20 Å². The largest absolute Gasteiger partial charge is 0.367 e. The van der Waals surface area contributed by atoms with E-state index in [1.807, 2.05) is 29.7 Å². The monoisotopic (exact) mass is 327 g/mol. The number of aromatic nitrogens is 3. The number of hydrogen-bond donors (Lipinski definition) is 1. The van der Waals surface area contributed by atoms with Crippen LogP contribution in [0.4, 0.5) is 0 Å². The molecule has 0 bridgehead atoms. The van der Waals surface area contributed by atoms with Crippen molar-refractivity contribution in [2.45, 2.75) is 44.8 Å². The summed E-state index contributed by atoms with van der Waals surface area (Å²) in [6.07, 6.45) is 9.65. The first-order chi connectivity index (χ1) is 11.6. The van der Waals surface area contributed by atoms with Gasteiger partial charge in [0.25, 0.3) is 5.91 Å². The second kappa shape index (κ2) is 5.77. The molecule has 1 fully saturated rings. The summed E-state index contributed by atoms with van der Waals surface area (Å²) in [5.74, 6) is 0.124. The predicted octanol–water partition coefficient (Wildman–Crippen LogP) is 2.07. The lowest BCUT2D eigenvalue weighted by Gasteiger charge is -2.50. The van der Waals surface area contributed by atoms with Gasteiger partial charge in [0.2, 0.25) is 0 Å². The summed E-state index contributed by atoms with van der Waals surface area (Å²) in [7, 11) is 0. The Bertz CT molecular complexity index is 720. The molecule has 1 amide bonds. The Morgan fingerprint density at radius 2 is 2.25 bits per heavy atom. The molecule has 6 nitrogen and oxygen atoms in total. The zero-order chi connectivity index (χ0) is 16.7. The third-order valence-corrected chi connectivity index (χ3v) is 5.51. The fourth-order valence-corrected chi connectivity index (χ4v) is 4.20. The highest BCUT2D eigenvalue weighted by Gasteiger charge is 2.44. The van der Waals surface area contributed by atoms with E-state index in [0.29, 0.717) is 6.04 Å². The summed E-state index contributed by atoms with van der Waals surface area (Å²) in [5, 5.41) is 0. The minimum atomic E-state index is -0.0570. The highest BCUT2D eigenvalue weighted by Crippen LogP contribution is 2.36. The first-order valence-corrected chi connectivity index (χ1v) is 8.77. The third-order valence-electron chi connectivity index (χ3n) is 5.51. The van der Waals surface area contributed by atoms with Gasteiger partial charge < -0.3 is 14.5 Å². The van der Waals surface area contributed by atoms with E-state index in [2.05, 4.69) is 33.3 Å². The van der Waals surface area contributed by atoms with Gasteiger partial charge in [-0.2, -0.15) is 0 Å². The van der Waals surface area contributed by atoms with Gasteiger partial charge in [-0.25, -0.2) is 4.98 Å². The first-order valence-electron chi connectivity index (χ1n) is 8.77. The molecule has 0 aromatic carbocycles. The van der Waals surface area contributed by atoms with Crippen molar-refractivity contribution in [3.05, 3.63) is 42.2 Å². The molecule has 0 aliphatic carbocycles. The van der Waals surface area contributed by atoms with Crippen molar-refractivity contribution in [2.24, 2.45) is 0 Å². The molecule has 0 saturated carbocycles. The number of H-pyrrole nitrogens is 1. The highest BCUT2D eigenvalue weighted by molar-refractivity contribution is 5.94. The van der Waals surface area contributed by atoms with Crippen LogP contribution in [0.15, 0.2) is 31.0 Å². The number of nitrogens with zero attached hydrogens (tertiary/aromatic N) is 4. The van der Waals surface area contributed by atoms with Crippen LogP contribution in [-0.4, -0.2) is 55.9 Å². The average Bonchev–Trinajstić information content (AvgIpc) is 3.26. The molecule has 2 aliphatic rings. The van der Waals surface area contributed by atoms with Crippen LogP contribution >= 0.6 is 0 Å². The van der Waals surface area contributed by atoms with E-state index in [4.69, 9.17) is 0 Å². The van der Waals surface area contributed by atoms with Gasteiger partial charge in [0.05, 0.1) is 23.1 Å². The lowest BCUT2D eigenvalue weighted by atomic mass is 9.85. The van der Waals surface area contributed by atoms with Crippen LogP contribution in [-0.2, 0) is 12.1 Å². The van der Waals surface area contributed by atoms with Gasteiger partial charge in [0, 0.05) is 50.8 Å². The van der Waals surface area contributed by atoms with Gasteiger partial charge in [-0.15, -0.1) is 0 Å². The zero-order valence-electron chi connectivity index (χ0n) is 14.4. The third kappa shape index (κ3) is 2.45. The van der Waals surface area contributed by atoms with Crippen LogP contribution in [0.2, 0.25) is 0 Å². The van der Waals surface area contributed by atoms with Crippen molar-refractivity contribution >= 4 is 5.91 Å². The van der Waals surface area contributed by atoms with Crippen LogP contribution in [0.1, 0.15) is 42.7 Å². The van der Waals surface area contributed by atoms with Gasteiger partial charge in [-0.3, -0.25) is 9.69 Å². The van der Waals surface area contributed by atoms with Crippen molar-refractivity contribution in [1.82, 2.24) is 24.3 Å². The number of hydrogen-bond acceptors (Lipinski definition) is 3. The van der Waals surface area contributed by atoms with Gasteiger partial charge in [0.1, 0.15) is 0 Å². The normalized spacial score (nSPS) is 24.5. The van der Waals surface area contributed by atoms with E-state index in [-0.39, 0.29) is 11.4 Å². The summed E-state index contributed by atoms with van der Waals surface area (Å²) < 4.78 is 2.34. The van der Waals surface area contributed by atoms with Crippen LogP contribution in [0.3, 0.4) is 0 Å². The number of aromatic amines is 1. The fraction of sp³-hybridized carbons (Fsp3) is 0.556. The molecule has 24 heavy (non-hydrogen) atoms. The summed E-state index contributed by atoms with van der Waals surface area (Å²) >= 11 is 0. The predicted molar refractivity (Wildman–Crippen MR) is 91.7 cm³/mol. The number of carbonyl (C=O) groups excluding carboxylic acids is 1. The highest BCUT2D eigenvalue weighted by atomic mass is 16.2. The minimum absolute atomic E-state index is 0.0570. The lowest BCUT2D eigenvalue weighted by Crippen LogP contribution is -2.60. The molecule has 128 valence electrons. The van der Waals surface area contributed by atoms with Crippen LogP contribution in [0.5, 0.6) is 0 Å². The molecule has 1 spiro atoms. The number of rotatable bonds is 2. The van der Waals surface area contributed by atoms with E-state index in [1.165, 1.54) is 5.69 Å². The van der Waals surface area contributed by atoms with Crippen molar-refractivity contribution in [1.29, 1.82) is 0 Å². The molecule has 4 heterocycles. The van der Waals surface area contributed by atoms with E-state index in [9.17, 15) is 4.79 Å². The molecule has 4 rings (SSSR count). The van der Waals surface area contributed by atoms with Gasteiger partial charge in [-0.05, 0) is 32.8 Å². The molecule has 2 aliphatic heterocycles. The summed E-state index contributed by atoms with van der Waals surface area (Å²) in [6, 6.07) is 2.34. The van der Waals surface area contributed by atoms with Gasteiger partial charge >= 0.3 is 0 Å². The Morgan fingerprint density at radius 3 is 3.00 bits per heavy atom. The fourth-order valence-electron chi connectivity index (χ4n) is 4.20. The summed E-state index contributed by atoms with van der Waals surface area (Å²) in [6.45, 7) is 7.98. The summed E-state index contributed by atoms with van der Waals surface area (Å²) in [4.78, 5) is 24.7. The number of amides is 1. The van der Waals surface area contributed by atoms with Crippen LogP contribution in [0.25, 0.3) is 0 Å². The van der Waals surface area contributed by atoms with E-state index < -0.39 is 0 Å². The number of piperidine rings is 1. The number of fused-ring (bicyclic) bond motifs is 2. The van der Waals surface area contributed by atoms with Crippen LogP contribution < -0.4 is 0 Å². The molecule has 1 saturated heterocycles. The molecule has 1 N–H and O–H groups in total. The molecule has 1 unspecified atom stereocenters. The maximum atomic E-state index is 12.8. The molecular formula is C18H25N5O. The number of nitrogens with one attached hydrogen (secondary N) is 1. The smallest absolute Gasteiger partial charge is 0.255 e. The zero-order valence-corrected chi connectivity index (χ0v) is 14.4. The first kappa shape index (κ1) is 15.4. The Labute approximate surface area is 142 Å². The Kier molecular flexibility index (Phi) is 3.72. The topological polar surface area (TPSA) is 57.2 Å². The van der Waals surface area contributed by atoms with Gasteiger partial charge in [-0.1, -0.05) is 0 Å². The molecule has 6 heteroatoms. The average molecular weight is 327 g/mol. The second-order valence-electron chi connectivity index (χ2n) is 7.41. The summed E-state index contributed by atoms with van der Waals surface area (Å²) in [5.41, 5.74) is 1.94. The quantitative estimate of drug-likeness (QED) is 0.919. The van der Waals surface area contributed by atoms with Crippen molar-refractivity contribution in [2.75, 3.05) is 19.6 Å². The minimum Gasteiger partial charge on any atom is -0.367 e. The van der Waals surface area contributed by atoms with Crippen molar-refractivity contribution < 1.29 is 4.79 Å². The Balaban J connectivity index is 1.65. The van der Waals surface area contributed by atoms with Crippen LogP contribution in [0, 0.1) is 0 Å². The Hall–Kier alpha value is -2.08. The molecular weight excluding hydrogens is 302 g/mol. The number of carbonyl (C=O) groups is 1. The molecule has 2 aromatic heterocycles. The maximum Gasteiger partial charge on any atom is 0.255 e. The number of imidazole rings is 1. The van der Waals surface area contributed by atoms with Crippen molar-refractivity contribution in [3.63, 3.8) is 0 Å². The van der Waals surface area contributed by atoms with E-state index in [0.717, 1.165) is 44.6 Å². The maximum absolute atomic E-state index is 12.8. The SMILES string of the molecule is CC(C)N1Cc2cncn2C2(CCCN(C(=O)c3cc[nH]c3)C2)C1. The Morgan fingerprint density at radius 1 is 1.38 bits per heavy atom. The molecule has 1 atom stereocenters. The lowest BCUT2D eigenvalue weighted by molar-refractivity contribution is 0.0177. The van der Waals surface area contributed by atoms with E-state index >= 15 is 0 Å². The standard InChI is InChI=1S/C18H25N5O/c1-14(2)22-10-16-9-20-13-23(16)18(12-22)5-3-7-21(11-18)17(24)15-4-6-19-8-15/h4,6,8-9,13-14,19H,3,5,7,10-12H2,1-2H3. The molecule has 0 radical (unpaired) electrons. The second-order valence-corrected chi connectivity index (χ2v) is 7.41.